The summed E-state index contributed by atoms with van der Waals surface area (Å²) in [5, 5.41) is 19.9. The van der Waals surface area contributed by atoms with Crippen molar-refractivity contribution in [1.29, 1.82) is 5.26 Å². The molecule has 0 aliphatic rings. The van der Waals surface area contributed by atoms with Gasteiger partial charge in [0.05, 0.1) is 69.4 Å². The number of phenols is 1. The van der Waals surface area contributed by atoms with Gasteiger partial charge < -0.3 is 64.7 Å². The number of ether oxygens (including phenoxy) is 4. The Morgan fingerprint density at radius 2 is 1.32 bits per heavy atom. The Bertz CT molecular complexity index is 2970. The van der Waals surface area contributed by atoms with Crippen LogP contribution in [0.3, 0.4) is 0 Å². The quantitative estimate of drug-likeness (QED) is 0.0253. The molecule has 0 saturated heterocycles. The van der Waals surface area contributed by atoms with E-state index in [1.807, 2.05) is 19.9 Å². The Morgan fingerprint density at radius 1 is 0.813 bits per heavy atom. The van der Waals surface area contributed by atoms with Crippen LogP contribution in [0.1, 0.15) is 73.8 Å². The molecule has 75 heavy (non-hydrogen) atoms. The monoisotopic (exact) mass is 1100 g/mol. The van der Waals surface area contributed by atoms with Gasteiger partial charge in [-0.1, -0.05) is 32.0 Å². The number of hydrogen-bond donors (Lipinski definition) is 7. The second-order valence-electron chi connectivity index (χ2n) is 17.3. The van der Waals surface area contributed by atoms with E-state index in [9.17, 15) is 18.7 Å². The fraction of sp³-hybridized carbons (Fsp3) is 0.435. The third kappa shape index (κ3) is 21.9. The van der Waals surface area contributed by atoms with Crippen molar-refractivity contribution in [2.75, 3.05) is 37.4 Å². The molecule has 10 N–H and O–H groups in total. The van der Waals surface area contributed by atoms with Crippen molar-refractivity contribution in [3.63, 3.8) is 0 Å². The Kier molecular flexibility index (Phi) is 25.6. The van der Waals surface area contributed by atoms with E-state index in [-0.39, 0.29) is 54.5 Å². The van der Waals surface area contributed by atoms with E-state index in [1.54, 1.807) is 87.3 Å². The highest BCUT2D eigenvalue weighted by Crippen LogP contribution is 2.46. The van der Waals surface area contributed by atoms with Gasteiger partial charge in [-0.05, 0) is 84.7 Å². The van der Waals surface area contributed by atoms with E-state index in [0.29, 0.717) is 59.7 Å². The molecule has 0 aliphatic heterocycles. The van der Waals surface area contributed by atoms with Gasteiger partial charge >= 0.3 is 27.1 Å². The third-order valence-electron chi connectivity index (χ3n) is 9.36. The maximum atomic E-state index is 13.9. The summed E-state index contributed by atoms with van der Waals surface area (Å²) in [6.45, 7) is 22.3. The molecule has 0 saturated carbocycles. The zero-order chi connectivity index (χ0) is 55.3. The molecule has 1 unspecified atom stereocenters. The van der Waals surface area contributed by atoms with Gasteiger partial charge in [0.2, 0.25) is 0 Å². The molecule has 0 bridgehead atoms. The standard InChI is InChI=1S/C23H30N7O5P.C9H14N5O4P.C7H15NO2.C7H5NO.ClH/c1-6-10-33-22(31)23(3,4)29-36(32,35-18-9-7-8-17(11-18)25-5)15-34-16(2)12-30-14-28-19-20(24)26-13-27-21(19)30;1-6(18-5-19(15,16)17)2-14-4-13-7-8(10)11-3-12-9(7)14;1-4-5-10-6(9)7(2,3)8;8-5-6-2-1-3-7(9)4-6;/h7-9,11,13-14,16H,6,10,12,15H2,1-4H3,(H,29,32)(H2,24,26,27);3-4,6H,2,5H2,1H3,(H2,10,11,12)(H2,15,16,17);4-5,8H2,1-3H3;1-4,9H;1H/t16-,36?;6-;;;/m11.../s1. The SMILES string of the molecule is CCCOC(=O)C(C)(C)N.C[C@H](Cn1cnc2c(N)ncnc21)OCP(=O)(O)O.Cl.N#Cc1cccc(O)c1.[C-]#[N+]c1cccc(OP(=O)(CO[C@H](C)Cn2cnc3c(N)ncnc32)NC(C)(C)C(=O)OCCC)c1. The fourth-order valence-corrected chi connectivity index (χ4v) is 8.30. The van der Waals surface area contributed by atoms with Crippen LogP contribution in [-0.2, 0) is 50.8 Å². The first kappa shape index (κ1) is 64.3. The number of anilines is 2. The molecular formula is C46H65ClN14O12P2. The molecule has 6 aromatic rings. The smallest absolute Gasteiger partial charge is 0.350 e. The van der Waals surface area contributed by atoms with Crippen molar-refractivity contribution in [1.82, 2.24) is 44.1 Å². The van der Waals surface area contributed by atoms with Crippen molar-refractivity contribution < 1.29 is 57.1 Å². The number of nitrogens with one attached hydrogen (secondary N) is 1. The van der Waals surface area contributed by atoms with Crippen molar-refractivity contribution >= 4 is 79.1 Å². The van der Waals surface area contributed by atoms with Gasteiger partial charge in [-0.3, -0.25) is 18.7 Å². The van der Waals surface area contributed by atoms with Gasteiger partial charge in [0.25, 0.3) is 0 Å². The number of nitrogens with zero attached hydrogens (tertiary/aromatic N) is 10. The highest BCUT2D eigenvalue weighted by atomic mass is 35.5. The van der Waals surface area contributed by atoms with Crippen molar-refractivity contribution in [2.45, 2.75) is 105 Å². The molecule has 4 heterocycles. The van der Waals surface area contributed by atoms with E-state index >= 15 is 0 Å². The molecular weight excluding hydrogens is 1040 g/mol. The van der Waals surface area contributed by atoms with E-state index in [0.717, 1.165) is 6.42 Å². The average Bonchev–Trinajstić information content (AvgIpc) is 3.96. The molecule has 0 radical (unpaired) electrons. The number of nitriles is 1. The zero-order valence-electron chi connectivity index (χ0n) is 42.8. The second kappa shape index (κ2) is 29.9. The number of aromatic hydroxyl groups is 1. The molecule has 4 aromatic heterocycles. The molecule has 6 rings (SSSR count). The van der Waals surface area contributed by atoms with Crippen molar-refractivity contribution in [3.8, 4) is 17.6 Å². The molecule has 0 aliphatic carbocycles. The number of nitrogen functional groups attached to an aromatic ring is 2. The number of carbonyl (C=O) groups is 2. The summed E-state index contributed by atoms with van der Waals surface area (Å²) in [6, 6.07) is 14.4. The fourth-order valence-electron chi connectivity index (χ4n) is 5.84. The highest BCUT2D eigenvalue weighted by Gasteiger charge is 2.39. The summed E-state index contributed by atoms with van der Waals surface area (Å²) in [6.07, 6.45) is 5.47. The second-order valence-corrected chi connectivity index (χ2v) is 20.9. The number of halogens is 1. The summed E-state index contributed by atoms with van der Waals surface area (Å²) in [7, 11) is -7.98. The number of rotatable bonds is 20. The average molecular weight is 1100 g/mol. The molecule has 2 aromatic carbocycles. The lowest BCUT2D eigenvalue weighted by molar-refractivity contribution is -0.150. The Hall–Kier alpha value is -6.83. The van der Waals surface area contributed by atoms with Gasteiger partial charge in [0.15, 0.2) is 28.6 Å². The number of aromatic nitrogens is 8. The third-order valence-corrected chi connectivity index (χ3v) is 11.7. The number of fused-ring (bicyclic) bond motifs is 2. The number of imidazole rings is 2. The van der Waals surface area contributed by atoms with Crippen LogP contribution in [0.4, 0.5) is 17.3 Å². The van der Waals surface area contributed by atoms with Crippen LogP contribution in [0.15, 0.2) is 73.8 Å². The Labute approximate surface area is 440 Å². The van der Waals surface area contributed by atoms with Gasteiger partial charge in [0.1, 0.15) is 59.0 Å². The van der Waals surface area contributed by atoms with Crippen LogP contribution in [0, 0.1) is 17.9 Å². The summed E-state index contributed by atoms with van der Waals surface area (Å²) in [5.74, 6) is -0.0106. The summed E-state index contributed by atoms with van der Waals surface area (Å²) >= 11 is 0. The minimum Gasteiger partial charge on any atom is -0.508 e. The van der Waals surface area contributed by atoms with Crippen molar-refractivity contribution in [3.05, 3.63) is 90.8 Å². The maximum absolute atomic E-state index is 13.9. The molecule has 26 nitrogen and oxygen atoms in total. The number of esters is 2. The van der Waals surface area contributed by atoms with E-state index < -0.39 is 50.7 Å². The first-order chi connectivity index (χ1) is 34.7. The molecule has 3 atom stereocenters. The van der Waals surface area contributed by atoms with E-state index in [4.69, 9.17) is 67.4 Å². The predicted molar refractivity (Wildman–Crippen MR) is 281 cm³/mol. The van der Waals surface area contributed by atoms with Crippen LogP contribution in [0.25, 0.3) is 27.2 Å². The highest BCUT2D eigenvalue weighted by molar-refractivity contribution is 7.57. The number of nitrogens with two attached hydrogens (primary N) is 3. The zero-order valence-corrected chi connectivity index (χ0v) is 45.4. The number of carbonyl (C=O) groups excluding carboxylic acids is 2. The molecule has 0 spiro atoms. The first-order valence-electron chi connectivity index (χ1n) is 22.7. The molecule has 0 amide bonds. The maximum Gasteiger partial charge on any atom is 0.350 e. The largest absolute Gasteiger partial charge is 0.508 e. The number of benzene rings is 2. The minimum atomic E-state index is -4.16. The van der Waals surface area contributed by atoms with Crippen LogP contribution < -0.4 is 26.8 Å². The van der Waals surface area contributed by atoms with Crippen LogP contribution in [0.2, 0.25) is 0 Å². The lowest BCUT2D eigenvalue weighted by Gasteiger charge is -2.30. The summed E-state index contributed by atoms with van der Waals surface area (Å²) in [4.78, 5) is 68.6. The van der Waals surface area contributed by atoms with Gasteiger partial charge in [-0.25, -0.2) is 39.8 Å². The summed E-state index contributed by atoms with van der Waals surface area (Å²) in [5.41, 5.74) is 17.6. The lowest BCUT2D eigenvalue weighted by atomic mass is 10.1. The van der Waals surface area contributed by atoms with Crippen LogP contribution in [-0.4, -0.2) is 115 Å². The summed E-state index contributed by atoms with van der Waals surface area (Å²) < 4.78 is 54.9. The topological polar surface area (TPSA) is 381 Å². The Balaban J connectivity index is 0.000000407. The van der Waals surface area contributed by atoms with E-state index in [2.05, 4.69) is 39.8 Å². The van der Waals surface area contributed by atoms with Gasteiger partial charge in [0, 0.05) is 0 Å². The normalized spacial score (nSPS) is 12.8. The van der Waals surface area contributed by atoms with Gasteiger partial charge in [-0.2, -0.15) is 5.26 Å². The number of hydrogen-bond acceptors (Lipinski definition) is 20. The van der Waals surface area contributed by atoms with Crippen LogP contribution >= 0.6 is 27.5 Å². The Morgan fingerprint density at radius 3 is 1.77 bits per heavy atom. The molecule has 408 valence electrons. The van der Waals surface area contributed by atoms with E-state index in [1.165, 1.54) is 37.2 Å². The first-order valence-corrected chi connectivity index (χ1v) is 26.3. The van der Waals surface area contributed by atoms with Crippen molar-refractivity contribution in [2.24, 2.45) is 5.73 Å². The number of phenolic OH excluding ortho intramolecular Hbond substituents is 1. The molecule has 29 heteroatoms. The minimum absolute atomic E-state index is 0. The lowest BCUT2D eigenvalue weighted by Crippen LogP contribution is -2.47. The van der Waals surface area contributed by atoms with Gasteiger partial charge in [-0.15, -0.1) is 12.4 Å². The van der Waals surface area contributed by atoms with Crippen LogP contribution in [0.5, 0.6) is 11.5 Å². The molecule has 0 fully saturated rings. The predicted octanol–water partition coefficient (Wildman–Crippen LogP) is 6.23.